The molecule has 1 aliphatic rings. The van der Waals surface area contributed by atoms with Crippen LogP contribution in [0, 0.1) is 5.82 Å². The van der Waals surface area contributed by atoms with Crippen LogP contribution in [-0.4, -0.2) is 13.1 Å². The van der Waals surface area contributed by atoms with E-state index >= 15 is 0 Å². The second-order valence-electron chi connectivity index (χ2n) is 4.99. The van der Waals surface area contributed by atoms with Crippen LogP contribution in [0.3, 0.4) is 0 Å². The van der Waals surface area contributed by atoms with Gasteiger partial charge in [0.15, 0.2) is 0 Å². The molecule has 1 saturated carbocycles. The molecule has 0 atom stereocenters. The van der Waals surface area contributed by atoms with Gasteiger partial charge >= 0.3 is 58.4 Å². The molecule has 1 aromatic carbocycles. The second-order valence-corrected chi connectivity index (χ2v) is 4.99. The van der Waals surface area contributed by atoms with Crippen molar-refractivity contribution in [3.05, 3.63) is 24.0 Å². The summed E-state index contributed by atoms with van der Waals surface area (Å²) in [5, 5.41) is 0. The van der Waals surface area contributed by atoms with Gasteiger partial charge in [-0.1, -0.05) is 24.4 Å². The van der Waals surface area contributed by atoms with E-state index in [4.69, 9.17) is 4.74 Å². The Balaban J connectivity index is 0.00000200. The topological polar surface area (TPSA) is 9.23 Å². The van der Waals surface area contributed by atoms with E-state index in [2.05, 4.69) is 0 Å². The van der Waals surface area contributed by atoms with E-state index < -0.39 is 18.3 Å². The van der Waals surface area contributed by atoms with Gasteiger partial charge in [-0.15, -0.1) is 0 Å². The Hall–Kier alpha value is 0.441. The first kappa shape index (κ1) is 18.5. The maximum atomic E-state index is 13.4. The van der Waals surface area contributed by atoms with Crippen LogP contribution in [-0.2, 0) is 0 Å². The number of ether oxygens (including phenoxy) is 1. The van der Waals surface area contributed by atoms with Crippen LogP contribution in [0.15, 0.2) is 18.2 Å². The van der Waals surface area contributed by atoms with E-state index in [1.165, 1.54) is 6.07 Å². The SMILES string of the molecule is Fc1cc(OC2CCCCCC2)ccc1[B-](F)(F)F.[K+]. The van der Waals surface area contributed by atoms with Crippen LogP contribution >= 0.6 is 0 Å². The van der Waals surface area contributed by atoms with Crippen molar-refractivity contribution in [2.24, 2.45) is 0 Å². The van der Waals surface area contributed by atoms with Crippen molar-refractivity contribution in [1.82, 2.24) is 0 Å². The minimum absolute atomic E-state index is 0. The molecule has 0 amide bonds. The molecular weight excluding hydrogens is 298 g/mol. The molecule has 0 aromatic heterocycles. The van der Waals surface area contributed by atoms with Crippen molar-refractivity contribution >= 4 is 12.4 Å². The molecule has 0 N–H and O–H groups in total. The third kappa shape index (κ3) is 5.33. The Bertz CT molecular complexity index is 431. The molecule has 0 radical (unpaired) electrons. The molecule has 2 rings (SSSR count). The molecule has 20 heavy (non-hydrogen) atoms. The molecule has 1 fully saturated rings. The number of hydrogen-bond acceptors (Lipinski definition) is 1. The second kappa shape index (κ2) is 8.17. The van der Waals surface area contributed by atoms with Gasteiger partial charge in [-0.3, -0.25) is 0 Å². The van der Waals surface area contributed by atoms with Crippen molar-refractivity contribution in [3.8, 4) is 5.75 Å². The van der Waals surface area contributed by atoms with Crippen molar-refractivity contribution in [2.75, 3.05) is 0 Å². The first-order chi connectivity index (χ1) is 8.97. The third-order valence-electron chi connectivity index (χ3n) is 3.43. The van der Waals surface area contributed by atoms with Crippen molar-refractivity contribution in [2.45, 2.75) is 44.6 Å². The minimum Gasteiger partial charge on any atom is -0.490 e. The predicted molar refractivity (Wildman–Crippen MR) is 67.2 cm³/mol. The Morgan fingerprint density at radius 1 is 1.00 bits per heavy atom. The molecule has 1 aromatic rings. The number of benzene rings is 1. The standard InChI is InChI=1S/C13H16BF4O.K/c15-13-9-11(7-8-12(13)14(16,17)18)19-10-5-3-1-2-4-6-10;/h7-10H,1-6H2;/q-1;+1. The average molecular weight is 314 g/mol. The number of hydrogen-bond donors (Lipinski definition) is 0. The van der Waals surface area contributed by atoms with Gasteiger partial charge in [0.1, 0.15) is 5.75 Å². The first-order valence-electron chi connectivity index (χ1n) is 6.63. The fraction of sp³-hybridized carbons (Fsp3) is 0.538. The largest absolute Gasteiger partial charge is 1.00 e. The zero-order chi connectivity index (χ0) is 13.9. The Morgan fingerprint density at radius 3 is 2.10 bits per heavy atom. The maximum absolute atomic E-state index is 13.4. The molecule has 106 valence electrons. The molecule has 0 bridgehead atoms. The summed E-state index contributed by atoms with van der Waals surface area (Å²) in [4.78, 5) is 0. The first-order valence-corrected chi connectivity index (χ1v) is 6.63. The molecule has 0 aliphatic heterocycles. The fourth-order valence-electron chi connectivity index (χ4n) is 2.40. The Morgan fingerprint density at radius 2 is 1.60 bits per heavy atom. The Labute approximate surface area is 158 Å². The van der Waals surface area contributed by atoms with Crippen LogP contribution in [0.5, 0.6) is 5.75 Å². The molecule has 0 heterocycles. The minimum atomic E-state index is -5.31. The van der Waals surface area contributed by atoms with Gasteiger partial charge in [0.05, 0.1) is 11.9 Å². The predicted octanol–water partition coefficient (Wildman–Crippen LogP) is 0.986. The van der Waals surface area contributed by atoms with Gasteiger partial charge in [-0.2, -0.15) is 0 Å². The number of halogens is 4. The summed E-state index contributed by atoms with van der Waals surface area (Å²) in [6.07, 6.45) is 6.17. The van der Waals surface area contributed by atoms with Crippen LogP contribution in [0.1, 0.15) is 38.5 Å². The molecule has 0 unspecified atom stereocenters. The summed E-state index contributed by atoms with van der Waals surface area (Å²) in [5.74, 6) is -1.06. The van der Waals surface area contributed by atoms with Crippen LogP contribution in [0.25, 0.3) is 0 Å². The number of rotatable bonds is 3. The normalized spacial score (nSPS) is 17.2. The van der Waals surface area contributed by atoms with E-state index in [1.54, 1.807) is 0 Å². The van der Waals surface area contributed by atoms with Gasteiger partial charge in [-0.25, -0.2) is 4.39 Å². The summed E-state index contributed by atoms with van der Waals surface area (Å²) >= 11 is 0. The fourth-order valence-corrected chi connectivity index (χ4v) is 2.40. The maximum Gasteiger partial charge on any atom is 1.00 e. The monoisotopic (exact) mass is 314 g/mol. The average Bonchev–Trinajstić information content (AvgIpc) is 2.56. The van der Waals surface area contributed by atoms with Gasteiger partial charge in [-0.05, 0) is 31.7 Å². The van der Waals surface area contributed by atoms with Crippen LogP contribution < -0.4 is 61.6 Å². The van der Waals surface area contributed by atoms with Gasteiger partial charge in [0.2, 0.25) is 0 Å². The van der Waals surface area contributed by atoms with Crippen LogP contribution in [0.4, 0.5) is 17.3 Å². The molecule has 1 nitrogen and oxygen atoms in total. The van der Waals surface area contributed by atoms with E-state index in [0.29, 0.717) is 0 Å². The summed E-state index contributed by atoms with van der Waals surface area (Å²) < 4.78 is 56.4. The smallest absolute Gasteiger partial charge is 0.490 e. The summed E-state index contributed by atoms with van der Waals surface area (Å²) in [5.41, 5.74) is -1.19. The zero-order valence-electron chi connectivity index (χ0n) is 11.5. The Kier molecular flexibility index (Phi) is 7.56. The van der Waals surface area contributed by atoms with Crippen molar-refractivity contribution in [1.29, 1.82) is 0 Å². The zero-order valence-corrected chi connectivity index (χ0v) is 14.7. The van der Waals surface area contributed by atoms with Crippen LogP contribution in [0.2, 0.25) is 0 Å². The summed E-state index contributed by atoms with van der Waals surface area (Å²) in [6.45, 7) is -5.31. The van der Waals surface area contributed by atoms with Crippen molar-refractivity contribution in [3.63, 3.8) is 0 Å². The van der Waals surface area contributed by atoms with E-state index in [-0.39, 0.29) is 63.2 Å². The molecule has 0 saturated heterocycles. The quantitative estimate of drug-likeness (QED) is 0.459. The van der Waals surface area contributed by atoms with Gasteiger partial charge in [0.25, 0.3) is 0 Å². The molecule has 1 aliphatic carbocycles. The summed E-state index contributed by atoms with van der Waals surface area (Å²) in [7, 11) is 0. The van der Waals surface area contributed by atoms with Crippen molar-refractivity contribution < 1.29 is 73.5 Å². The van der Waals surface area contributed by atoms with E-state index in [1.807, 2.05) is 0 Å². The van der Waals surface area contributed by atoms with E-state index in [0.717, 1.165) is 50.7 Å². The molecule has 7 heteroatoms. The van der Waals surface area contributed by atoms with Gasteiger partial charge in [0, 0.05) is 6.07 Å². The van der Waals surface area contributed by atoms with E-state index in [9.17, 15) is 17.3 Å². The summed E-state index contributed by atoms with van der Waals surface area (Å²) in [6, 6.07) is 2.81. The molecule has 0 spiro atoms. The third-order valence-corrected chi connectivity index (χ3v) is 3.43. The van der Waals surface area contributed by atoms with Gasteiger partial charge < -0.3 is 17.7 Å². The molecular formula is C13H16BF4KO.